The van der Waals surface area contributed by atoms with E-state index in [1.165, 1.54) is 24.0 Å². The zero-order valence-electron chi connectivity index (χ0n) is 18.7. The van der Waals surface area contributed by atoms with E-state index in [1.54, 1.807) is 0 Å². The second-order valence-corrected chi connectivity index (χ2v) is 9.75. The molecule has 1 aromatic carbocycles. The van der Waals surface area contributed by atoms with Gasteiger partial charge in [-0.3, -0.25) is 20.1 Å². The van der Waals surface area contributed by atoms with E-state index in [9.17, 15) is 4.79 Å². The fraction of sp³-hybridized carbons (Fsp3) is 0.538. The van der Waals surface area contributed by atoms with Crippen molar-refractivity contribution in [3.05, 3.63) is 66.0 Å². The molecule has 2 saturated heterocycles. The Morgan fingerprint density at radius 1 is 1.03 bits per heavy atom. The third-order valence-electron chi connectivity index (χ3n) is 7.54. The third kappa shape index (κ3) is 5.03. The number of hydrogen-bond acceptors (Lipinski definition) is 5. The molecule has 2 aliphatic heterocycles. The van der Waals surface area contributed by atoms with Crippen LogP contribution in [0.5, 0.6) is 0 Å². The molecule has 32 heavy (non-hydrogen) atoms. The molecule has 1 aliphatic carbocycles. The van der Waals surface area contributed by atoms with Crippen molar-refractivity contribution in [3.63, 3.8) is 0 Å². The van der Waals surface area contributed by atoms with Gasteiger partial charge in [0, 0.05) is 43.5 Å². The van der Waals surface area contributed by atoms with Gasteiger partial charge in [0.05, 0.1) is 6.04 Å². The number of rotatable bonds is 5. The second kappa shape index (κ2) is 10.1. The lowest BCUT2D eigenvalue weighted by Crippen LogP contribution is -2.46. The molecule has 170 valence electrons. The number of aromatic nitrogens is 1. The predicted octanol–water partition coefficient (Wildman–Crippen LogP) is 3.19. The van der Waals surface area contributed by atoms with Crippen molar-refractivity contribution in [2.24, 2.45) is 11.8 Å². The molecule has 0 bridgehead atoms. The Hall–Kier alpha value is -2.28. The number of nitrogens with one attached hydrogen (secondary N) is 3. The average molecular weight is 434 g/mol. The van der Waals surface area contributed by atoms with E-state index < -0.39 is 0 Å². The Kier molecular flexibility index (Phi) is 6.81. The SMILES string of the molecule is O=C(NC1CCCCN(Cc2ccccc2)C1)C1CCC2NNC(c3ccncc3)C2C1. The molecule has 5 unspecified atom stereocenters. The van der Waals surface area contributed by atoms with Gasteiger partial charge in [0.2, 0.25) is 5.91 Å². The molecule has 5 atom stereocenters. The van der Waals surface area contributed by atoms with Crippen LogP contribution in [0.1, 0.15) is 55.7 Å². The van der Waals surface area contributed by atoms with Crippen LogP contribution in [0.15, 0.2) is 54.9 Å². The van der Waals surface area contributed by atoms with Crippen LogP contribution in [0.25, 0.3) is 0 Å². The smallest absolute Gasteiger partial charge is 0.223 e. The number of hydrazine groups is 1. The number of fused-ring (bicyclic) bond motifs is 1. The number of carbonyl (C=O) groups excluding carboxylic acids is 1. The molecule has 1 aromatic heterocycles. The molecule has 5 rings (SSSR count). The number of amides is 1. The highest BCUT2D eigenvalue weighted by molar-refractivity contribution is 5.79. The molecule has 1 saturated carbocycles. The second-order valence-electron chi connectivity index (χ2n) is 9.75. The summed E-state index contributed by atoms with van der Waals surface area (Å²) in [5.74, 6) is 0.800. The Morgan fingerprint density at radius 3 is 2.72 bits per heavy atom. The topological polar surface area (TPSA) is 69.3 Å². The number of carbonyl (C=O) groups is 1. The van der Waals surface area contributed by atoms with Crippen molar-refractivity contribution in [2.45, 2.75) is 63.2 Å². The summed E-state index contributed by atoms with van der Waals surface area (Å²) in [5.41, 5.74) is 9.55. The summed E-state index contributed by atoms with van der Waals surface area (Å²) in [6, 6.07) is 15.8. The van der Waals surface area contributed by atoms with Crippen LogP contribution in [0, 0.1) is 11.8 Å². The highest BCUT2D eigenvalue weighted by Gasteiger charge is 2.42. The summed E-state index contributed by atoms with van der Waals surface area (Å²) in [5, 5.41) is 3.45. The first kappa shape index (κ1) is 21.6. The van der Waals surface area contributed by atoms with E-state index in [4.69, 9.17) is 0 Å². The lowest BCUT2D eigenvalue weighted by atomic mass is 9.74. The molecule has 2 aromatic rings. The van der Waals surface area contributed by atoms with E-state index in [2.05, 4.69) is 68.5 Å². The first-order valence-corrected chi connectivity index (χ1v) is 12.2. The summed E-state index contributed by atoms with van der Waals surface area (Å²) < 4.78 is 0. The Balaban J connectivity index is 1.19. The molecule has 0 radical (unpaired) electrons. The van der Waals surface area contributed by atoms with Gasteiger partial charge in [0.25, 0.3) is 0 Å². The van der Waals surface area contributed by atoms with Crippen LogP contribution in [-0.2, 0) is 11.3 Å². The van der Waals surface area contributed by atoms with Gasteiger partial charge < -0.3 is 5.32 Å². The lowest BCUT2D eigenvalue weighted by Gasteiger charge is -2.34. The average Bonchev–Trinajstić information content (AvgIpc) is 3.14. The fourth-order valence-corrected chi connectivity index (χ4v) is 5.84. The maximum Gasteiger partial charge on any atom is 0.223 e. The van der Waals surface area contributed by atoms with Gasteiger partial charge >= 0.3 is 0 Å². The van der Waals surface area contributed by atoms with E-state index in [0.717, 1.165) is 45.3 Å². The molecule has 3 heterocycles. The van der Waals surface area contributed by atoms with Gasteiger partial charge in [0.15, 0.2) is 0 Å². The predicted molar refractivity (Wildman–Crippen MR) is 125 cm³/mol. The molecule has 3 N–H and O–H groups in total. The van der Waals surface area contributed by atoms with Crippen molar-refractivity contribution < 1.29 is 4.79 Å². The zero-order valence-corrected chi connectivity index (χ0v) is 18.7. The molecule has 1 amide bonds. The van der Waals surface area contributed by atoms with E-state index >= 15 is 0 Å². The minimum Gasteiger partial charge on any atom is -0.352 e. The van der Waals surface area contributed by atoms with Crippen LogP contribution < -0.4 is 16.2 Å². The largest absolute Gasteiger partial charge is 0.352 e. The van der Waals surface area contributed by atoms with Gasteiger partial charge in [0.1, 0.15) is 0 Å². The third-order valence-corrected chi connectivity index (χ3v) is 7.54. The highest BCUT2D eigenvalue weighted by atomic mass is 16.2. The quantitative estimate of drug-likeness (QED) is 0.676. The van der Waals surface area contributed by atoms with Crippen molar-refractivity contribution in [3.8, 4) is 0 Å². The Labute approximate surface area is 191 Å². The summed E-state index contributed by atoms with van der Waals surface area (Å²) in [6.07, 6.45) is 10.1. The van der Waals surface area contributed by atoms with Gasteiger partial charge in [-0.25, -0.2) is 5.43 Å². The summed E-state index contributed by atoms with van der Waals surface area (Å²) in [4.78, 5) is 20.0. The molecular weight excluding hydrogens is 398 g/mol. The molecule has 3 aliphatic rings. The highest BCUT2D eigenvalue weighted by Crippen LogP contribution is 2.40. The molecule has 6 heteroatoms. The normalized spacial score (nSPS) is 30.9. The van der Waals surface area contributed by atoms with Crippen molar-refractivity contribution in [1.29, 1.82) is 0 Å². The van der Waals surface area contributed by atoms with E-state index in [-0.39, 0.29) is 23.9 Å². The van der Waals surface area contributed by atoms with Gasteiger partial charge in [-0.15, -0.1) is 0 Å². The molecule has 3 fully saturated rings. The van der Waals surface area contributed by atoms with Crippen LogP contribution in [0.3, 0.4) is 0 Å². The summed E-state index contributed by atoms with van der Waals surface area (Å²) >= 11 is 0. The molecular formula is C26H35N5O. The lowest BCUT2D eigenvalue weighted by molar-refractivity contribution is -0.127. The van der Waals surface area contributed by atoms with Gasteiger partial charge in [-0.1, -0.05) is 36.8 Å². The number of hydrogen-bond donors (Lipinski definition) is 3. The van der Waals surface area contributed by atoms with Crippen LogP contribution in [-0.4, -0.2) is 41.0 Å². The van der Waals surface area contributed by atoms with Crippen molar-refractivity contribution >= 4 is 5.91 Å². The first-order chi connectivity index (χ1) is 15.8. The van der Waals surface area contributed by atoms with E-state index in [1.807, 2.05) is 12.4 Å². The van der Waals surface area contributed by atoms with Gasteiger partial charge in [-0.2, -0.15) is 0 Å². The number of likely N-dealkylation sites (tertiary alicyclic amines) is 1. The summed E-state index contributed by atoms with van der Waals surface area (Å²) in [7, 11) is 0. The van der Waals surface area contributed by atoms with Gasteiger partial charge in [-0.05, 0) is 67.8 Å². The first-order valence-electron chi connectivity index (χ1n) is 12.2. The number of nitrogens with zero attached hydrogens (tertiary/aromatic N) is 2. The van der Waals surface area contributed by atoms with Crippen LogP contribution >= 0.6 is 0 Å². The molecule has 0 spiro atoms. The monoisotopic (exact) mass is 433 g/mol. The fourth-order valence-electron chi connectivity index (χ4n) is 5.84. The zero-order chi connectivity index (χ0) is 21.8. The van der Waals surface area contributed by atoms with Crippen LogP contribution in [0.2, 0.25) is 0 Å². The maximum atomic E-state index is 13.3. The standard InChI is InChI=1S/C26H35N5O/c32-26(28-22-8-4-5-15-31(18-22)17-19-6-2-1-3-7-19)21-9-10-24-23(16-21)25(30-29-24)20-11-13-27-14-12-20/h1-3,6-7,11-14,21-25,29-30H,4-5,8-10,15-18H2,(H,28,32). The van der Waals surface area contributed by atoms with Crippen LogP contribution in [0.4, 0.5) is 0 Å². The number of benzene rings is 1. The maximum absolute atomic E-state index is 13.3. The van der Waals surface area contributed by atoms with E-state index in [0.29, 0.717) is 12.0 Å². The summed E-state index contributed by atoms with van der Waals surface area (Å²) in [6.45, 7) is 3.02. The Bertz CT molecular complexity index is 876. The van der Waals surface area contributed by atoms with Crippen molar-refractivity contribution in [1.82, 2.24) is 26.1 Å². The minimum absolute atomic E-state index is 0.105. The van der Waals surface area contributed by atoms with Crippen molar-refractivity contribution in [2.75, 3.05) is 13.1 Å². The number of pyridine rings is 1. The minimum atomic E-state index is 0.105. The molecule has 6 nitrogen and oxygen atoms in total. The Morgan fingerprint density at radius 2 is 1.88 bits per heavy atom.